The predicted molar refractivity (Wildman–Crippen MR) is 70.8 cm³/mol. The number of nitrogens with two attached hydrogens (primary N) is 1. The van der Waals surface area contributed by atoms with Gasteiger partial charge in [0.2, 0.25) is 5.91 Å². The Bertz CT molecular complexity index is 427. The summed E-state index contributed by atoms with van der Waals surface area (Å²) in [5, 5.41) is 2.54. The molecule has 0 radical (unpaired) electrons. The van der Waals surface area contributed by atoms with Crippen molar-refractivity contribution in [2.75, 3.05) is 13.1 Å². The van der Waals surface area contributed by atoms with Crippen LogP contribution in [0.25, 0.3) is 0 Å². The summed E-state index contributed by atoms with van der Waals surface area (Å²) in [7, 11) is 0. The van der Waals surface area contributed by atoms with Gasteiger partial charge in [0.15, 0.2) is 0 Å². The van der Waals surface area contributed by atoms with E-state index in [9.17, 15) is 18.0 Å². The summed E-state index contributed by atoms with van der Waals surface area (Å²) in [6.07, 6.45) is -4.49. The Balaban J connectivity index is 0.00000361. The number of benzene rings is 1. The van der Waals surface area contributed by atoms with Gasteiger partial charge in [-0.05, 0) is 18.1 Å². The molecule has 0 aromatic heterocycles. The van der Waals surface area contributed by atoms with Gasteiger partial charge >= 0.3 is 6.36 Å². The molecule has 0 unspecified atom stereocenters. The standard InChI is InChI=1S/C12H15F3N2O2.ClH/c13-12(14,15)19-10-4-2-1-3-9(10)5-6-11(18)17-8-7-16;/h1-4H,5-8,16H2,(H,17,18);1H. The lowest BCUT2D eigenvalue weighted by atomic mass is 10.1. The number of carbonyl (C=O) groups excluding carboxylic acids is 1. The molecule has 0 saturated carbocycles. The second-order valence-electron chi connectivity index (χ2n) is 3.79. The van der Waals surface area contributed by atoms with E-state index in [2.05, 4.69) is 10.1 Å². The molecule has 1 amide bonds. The van der Waals surface area contributed by atoms with Crippen molar-refractivity contribution in [3.63, 3.8) is 0 Å². The van der Waals surface area contributed by atoms with Crippen LogP contribution < -0.4 is 15.8 Å². The second kappa shape index (κ2) is 8.65. The normalized spacial score (nSPS) is 10.6. The van der Waals surface area contributed by atoms with Gasteiger partial charge in [0.05, 0.1) is 0 Å². The number of hydrogen-bond donors (Lipinski definition) is 2. The Hall–Kier alpha value is -1.47. The Kier molecular flexibility index (Phi) is 8.02. The SMILES string of the molecule is Cl.NCCNC(=O)CCc1ccccc1OC(F)(F)F. The molecule has 3 N–H and O–H groups in total. The molecule has 4 nitrogen and oxygen atoms in total. The van der Waals surface area contributed by atoms with Gasteiger partial charge in [-0.25, -0.2) is 0 Å². The maximum atomic E-state index is 12.2. The molecule has 0 fully saturated rings. The summed E-state index contributed by atoms with van der Waals surface area (Å²) < 4.78 is 40.4. The number of hydrogen-bond acceptors (Lipinski definition) is 3. The lowest BCUT2D eigenvalue weighted by Gasteiger charge is -2.13. The van der Waals surface area contributed by atoms with Crippen LogP contribution in [0.3, 0.4) is 0 Å². The number of para-hydroxylation sites is 1. The maximum absolute atomic E-state index is 12.2. The topological polar surface area (TPSA) is 64.3 Å². The highest BCUT2D eigenvalue weighted by atomic mass is 35.5. The largest absolute Gasteiger partial charge is 0.573 e. The van der Waals surface area contributed by atoms with Gasteiger partial charge in [-0.2, -0.15) is 0 Å². The number of ether oxygens (including phenoxy) is 1. The molecule has 8 heteroatoms. The third-order valence-electron chi connectivity index (χ3n) is 2.29. The van der Waals surface area contributed by atoms with Crippen LogP contribution in [0, 0.1) is 0 Å². The van der Waals surface area contributed by atoms with Crippen LogP contribution in [-0.2, 0) is 11.2 Å². The minimum atomic E-state index is -4.74. The Morgan fingerprint density at radius 2 is 1.95 bits per heavy atom. The summed E-state index contributed by atoms with van der Waals surface area (Å²) in [5.74, 6) is -0.533. The highest BCUT2D eigenvalue weighted by Crippen LogP contribution is 2.26. The van der Waals surface area contributed by atoms with Crippen molar-refractivity contribution in [2.45, 2.75) is 19.2 Å². The van der Waals surface area contributed by atoms with E-state index in [1.807, 2.05) is 0 Å². The van der Waals surface area contributed by atoms with Crippen molar-refractivity contribution in [3.05, 3.63) is 29.8 Å². The number of nitrogens with one attached hydrogen (secondary N) is 1. The first-order valence-electron chi connectivity index (χ1n) is 5.73. The van der Waals surface area contributed by atoms with Gasteiger partial charge in [-0.1, -0.05) is 18.2 Å². The zero-order chi connectivity index (χ0) is 14.3. The minimum absolute atomic E-state index is 0. The van der Waals surface area contributed by atoms with E-state index in [-0.39, 0.29) is 36.9 Å². The van der Waals surface area contributed by atoms with E-state index in [0.29, 0.717) is 18.7 Å². The number of halogens is 4. The maximum Gasteiger partial charge on any atom is 0.573 e. The molecule has 0 saturated heterocycles. The van der Waals surface area contributed by atoms with Crippen molar-refractivity contribution in [3.8, 4) is 5.75 Å². The van der Waals surface area contributed by atoms with Crippen LogP contribution in [0.5, 0.6) is 5.75 Å². The van der Waals surface area contributed by atoms with Crippen molar-refractivity contribution in [1.29, 1.82) is 0 Å². The fourth-order valence-corrected chi connectivity index (χ4v) is 1.48. The van der Waals surface area contributed by atoms with Gasteiger partial charge < -0.3 is 15.8 Å². The molecule has 0 bridgehead atoms. The van der Waals surface area contributed by atoms with Crippen LogP contribution >= 0.6 is 12.4 Å². The molecule has 1 aromatic rings. The van der Waals surface area contributed by atoms with Crippen molar-refractivity contribution < 1.29 is 22.7 Å². The molecular weight excluding hydrogens is 297 g/mol. The van der Waals surface area contributed by atoms with Crippen LogP contribution in [0.2, 0.25) is 0 Å². The number of carbonyl (C=O) groups is 1. The first-order valence-corrected chi connectivity index (χ1v) is 5.73. The third-order valence-corrected chi connectivity index (χ3v) is 2.29. The van der Waals surface area contributed by atoms with Gasteiger partial charge in [0, 0.05) is 19.5 Å². The third kappa shape index (κ3) is 7.20. The molecule has 0 atom stereocenters. The molecule has 1 aromatic carbocycles. The minimum Gasteiger partial charge on any atom is -0.406 e. The van der Waals surface area contributed by atoms with Crippen molar-refractivity contribution in [2.24, 2.45) is 5.73 Å². The highest BCUT2D eigenvalue weighted by Gasteiger charge is 2.31. The fourth-order valence-electron chi connectivity index (χ4n) is 1.48. The van der Waals surface area contributed by atoms with Crippen molar-refractivity contribution >= 4 is 18.3 Å². The van der Waals surface area contributed by atoms with Gasteiger partial charge in [-0.3, -0.25) is 4.79 Å². The average molecular weight is 313 g/mol. The molecular formula is C12H16ClF3N2O2. The molecule has 114 valence electrons. The molecule has 0 aliphatic heterocycles. The number of rotatable bonds is 6. The first-order chi connectivity index (χ1) is 8.92. The molecule has 0 aliphatic rings. The Morgan fingerprint density at radius 3 is 2.55 bits per heavy atom. The van der Waals surface area contributed by atoms with Crippen LogP contribution in [0.1, 0.15) is 12.0 Å². The van der Waals surface area contributed by atoms with Gasteiger partial charge in [0.1, 0.15) is 5.75 Å². The van der Waals surface area contributed by atoms with Gasteiger partial charge in [0.25, 0.3) is 0 Å². The summed E-state index contributed by atoms with van der Waals surface area (Å²) in [5.41, 5.74) is 5.55. The smallest absolute Gasteiger partial charge is 0.406 e. The zero-order valence-electron chi connectivity index (χ0n) is 10.6. The summed E-state index contributed by atoms with van der Waals surface area (Å²) in [6, 6.07) is 5.76. The lowest BCUT2D eigenvalue weighted by molar-refractivity contribution is -0.274. The molecule has 0 heterocycles. The highest BCUT2D eigenvalue weighted by molar-refractivity contribution is 5.85. The van der Waals surface area contributed by atoms with Crippen LogP contribution in [0.4, 0.5) is 13.2 Å². The van der Waals surface area contributed by atoms with Crippen LogP contribution in [-0.4, -0.2) is 25.4 Å². The van der Waals surface area contributed by atoms with E-state index in [4.69, 9.17) is 5.73 Å². The second-order valence-corrected chi connectivity index (χ2v) is 3.79. The van der Waals surface area contributed by atoms with E-state index in [1.165, 1.54) is 18.2 Å². The summed E-state index contributed by atoms with van der Waals surface area (Å²) in [6.45, 7) is 0.666. The van der Waals surface area contributed by atoms with Gasteiger partial charge in [-0.15, -0.1) is 25.6 Å². The van der Waals surface area contributed by atoms with E-state index < -0.39 is 6.36 Å². The zero-order valence-corrected chi connectivity index (χ0v) is 11.4. The average Bonchev–Trinajstić information content (AvgIpc) is 2.33. The fraction of sp³-hybridized carbons (Fsp3) is 0.417. The molecule has 1 rings (SSSR count). The summed E-state index contributed by atoms with van der Waals surface area (Å²) in [4.78, 5) is 11.3. The Morgan fingerprint density at radius 1 is 1.30 bits per heavy atom. The van der Waals surface area contributed by atoms with Crippen molar-refractivity contribution in [1.82, 2.24) is 5.32 Å². The predicted octanol–water partition coefficient (Wildman–Crippen LogP) is 2.01. The number of alkyl halides is 3. The summed E-state index contributed by atoms with van der Waals surface area (Å²) >= 11 is 0. The van der Waals surface area contributed by atoms with E-state index in [1.54, 1.807) is 6.07 Å². The quantitative estimate of drug-likeness (QED) is 0.844. The molecule has 20 heavy (non-hydrogen) atoms. The van der Waals surface area contributed by atoms with Crippen LogP contribution in [0.15, 0.2) is 24.3 Å². The first kappa shape index (κ1) is 18.5. The van der Waals surface area contributed by atoms with E-state index >= 15 is 0 Å². The lowest BCUT2D eigenvalue weighted by Crippen LogP contribution is -2.29. The number of amides is 1. The number of aryl methyl sites for hydroxylation is 1. The van der Waals surface area contributed by atoms with E-state index in [0.717, 1.165) is 0 Å². The molecule has 0 aliphatic carbocycles. The molecule has 0 spiro atoms. The monoisotopic (exact) mass is 312 g/mol. The Labute approximate surface area is 120 Å².